The maximum atomic E-state index is 13.0. The van der Waals surface area contributed by atoms with Gasteiger partial charge in [0.25, 0.3) is 0 Å². The monoisotopic (exact) mass is 486 g/mol. The highest BCUT2D eigenvalue weighted by Gasteiger charge is 2.70. The van der Waals surface area contributed by atoms with Crippen molar-refractivity contribution in [2.45, 2.75) is 125 Å². The molecule has 10 atom stereocenters. The first-order chi connectivity index (χ1) is 16.4. The lowest BCUT2D eigenvalue weighted by atomic mass is 9.34. The van der Waals surface area contributed by atoms with Gasteiger partial charge in [0.1, 0.15) is 12.2 Å². The van der Waals surface area contributed by atoms with Gasteiger partial charge in [-0.2, -0.15) is 0 Å². The second-order valence-electron chi connectivity index (χ2n) is 13.5. The van der Waals surface area contributed by atoms with Crippen LogP contribution in [-0.4, -0.2) is 35.4 Å². The molecule has 0 unspecified atom stereocenters. The van der Waals surface area contributed by atoms with Crippen LogP contribution in [0.2, 0.25) is 0 Å². The Balaban J connectivity index is 1.53. The fourth-order valence-corrected chi connectivity index (χ4v) is 10.4. The van der Waals surface area contributed by atoms with Gasteiger partial charge in [-0.1, -0.05) is 41.5 Å². The van der Waals surface area contributed by atoms with Crippen LogP contribution in [0.4, 0.5) is 0 Å². The normalized spacial score (nSPS) is 51.0. The highest BCUT2D eigenvalue weighted by molar-refractivity contribution is 5.94. The standard InChI is InChI=1S/C30H46O5/c1-8-24(32)35-23-13-15-28(5)19(27(23,4)9-2)12-14-29(6)20-11-10-18-17(3)34-26(33)25(18)30(20,7)22(31)16-21(28)29/h17,19-23,31H,8-16H2,1-7H3/t17-,19-,20-,21+,22-,23+,27+,28-,29-,30+/m0/s1. The van der Waals surface area contributed by atoms with Crippen LogP contribution in [0.15, 0.2) is 11.1 Å². The van der Waals surface area contributed by atoms with E-state index in [-0.39, 0.29) is 46.3 Å². The van der Waals surface area contributed by atoms with Crippen molar-refractivity contribution < 1.29 is 24.2 Å². The average molecular weight is 487 g/mol. The second-order valence-corrected chi connectivity index (χ2v) is 13.5. The third-order valence-electron chi connectivity index (χ3n) is 12.4. The molecule has 1 N–H and O–H groups in total. The zero-order valence-corrected chi connectivity index (χ0v) is 22.9. The molecule has 0 bridgehead atoms. The summed E-state index contributed by atoms with van der Waals surface area (Å²) in [6, 6.07) is 0. The molecular formula is C30H46O5. The SMILES string of the molecule is CCC(=O)O[C@@H]1CC[C@@]2(C)[C@@H](CC[C@]3(C)[C@@H]2C[C@H](O)[C@]2(C)C4=C(CC[C@@H]32)[C@H](C)OC4=O)[C@@]1(C)CC. The second kappa shape index (κ2) is 8.07. The number of ether oxygens (including phenoxy) is 2. The molecule has 3 saturated carbocycles. The summed E-state index contributed by atoms with van der Waals surface area (Å²) >= 11 is 0. The summed E-state index contributed by atoms with van der Waals surface area (Å²) in [6.07, 6.45) is 7.46. The Morgan fingerprint density at radius 3 is 2.34 bits per heavy atom. The van der Waals surface area contributed by atoms with Crippen LogP contribution in [0.1, 0.15) is 106 Å². The number of esters is 2. The molecule has 0 aromatic heterocycles. The quantitative estimate of drug-likeness (QED) is 0.497. The van der Waals surface area contributed by atoms with E-state index in [2.05, 4.69) is 34.6 Å². The predicted octanol–water partition coefficient (Wildman–Crippen LogP) is 5.98. The van der Waals surface area contributed by atoms with Crippen molar-refractivity contribution in [3.63, 3.8) is 0 Å². The van der Waals surface area contributed by atoms with Crippen molar-refractivity contribution in [1.82, 2.24) is 0 Å². The number of cyclic esters (lactones) is 1. The van der Waals surface area contributed by atoms with Crippen LogP contribution in [0, 0.1) is 39.4 Å². The number of fused-ring (bicyclic) bond motifs is 6. The molecular weight excluding hydrogens is 440 g/mol. The van der Waals surface area contributed by atoms with Crippen LogP contribution in [0.5, 0.6) is 0 Å². The lowest BCUT2D eigenvalue weighted by Crippen LogP contribution is -2.67. The van der Waals surface area contributed by atoms with Crippen LogP contribution >= 0.6 is 0 Å². The van der Waals surface area contributed by atoms with Crippen molar-refractivity contribution in [3.8, 4) is 0 Å². The topological polar surface area (TPSA) is 72.8 Å². The lowest BCUT2D eigenvalue weighted by molar-refractivity contribution is -0.239. The van der Waals surface area contributed by atoms with Gasteiger partial charge in [-0.15, -0.1) is 0 Å². The molecule has 0 radical (unpaired) electrons. The van der Waals surface area contributed by atoms with E-state index in [1.807, 2.05) is 13.8 Å². The van der Waals surface area contributed by atoms with Crippen molar-refractivity contribution in [1.29, 1.82) is 0 Å². The minimum Gasteiger partial charge on any atom is -0.462 e. The zero-order valence-electron chi connectivity index (χ0n) is 22.9. The van der Waals surface area contributed by atoms with E-state index in [1.54, 1.807) is 0 Å². The maximum Gasteiger partial charge on any atom is 0.335 e. The molecule has 1 heterocycles. The van der Waals surface area contributed by atoms with Crippen LogP contribution < -0.4 is 0 Å². The summed E-state index contributed by atoms with van der Waals surface area (Å²) in [7, 11) is 0. The van der Waals surface area contributed by atoms with E-state index in [9.17, 15) is 14.7 Å². The Labute approximate surface area is 211 Å². The predicted molar refractivity (Wildman–Crippen MR) is 134 cm³/mol. The molecule has 5 nitrogen and oxygen atoms in total. The molecule has 1 aliphatic heterocycles. The van der Waals surface area contributed by atoms with Crippen molar-refractivity contribution >= 4 is 11.9 Å². The molecule has 3 fully saturated rings. The molecule has 5 aliphatic rings. The van der Waals surface area contributed by atoms with Crippen molar-refractivity contribution in [3.05, 3.63) is 11.1 Å². The Morgan fingerprint density at radius 2 is 1.69 bits per heavy atom. The Morgan fingerprint density at radius 1 is 1.03 bits per heavy atom. The number of aliphatic hydroxyl groups is 1. The van der Waals surface area contributed by atoms with Gasteiger partial charge >= 0.3 is 11.9 Å². The Kier molecular flexibility index (Phi) is 5.83. The van der Waals surface area contributed by atoms with Crippen molar-refractivity contribution in [2.75, 3.05) is 0 Å². The molecule has 0 spiro atoms. The highest BCUT2D eigenvalue weighted by Crippen LogP contribution is 2.74. The third kappa shape index (κ3) is 3.15. The van der Waals surface area contributed by atoms with E-state index in [0.717, 1.165) is 62.5 Å². The summed E-state index contributed by atoms with van der Waals surface area (Å²) in [4.78, 5) is 25.3. The number of hydrogen-bond donors (Lipinski definition) is 1. The first-order valence-electron chi connectivity index (χ1n) is 14.2. The molecule has 0 aromatic carbocycles. The van der Waals surface area contributed by atoms with E-state index in [1.165, 1.54) is 0 Å². The lowest BCUT2D eigenvalue weighted by Gasteiger charge is -2.70. The fraction of sp³-hybridized carbons (Fsp3) is 0.867. The number of aliphatic hydroxyl groups excluding tert-OH is 1. The van der Waals surface area contributed by atoms with Gasteiger partial charge in [0.15, 0.2) is 0 Å². The largest absolute Gasteiger partial charge is 0.462 e. The molecule has 0 saturated heterocycles. The maximum absolute atomic E-state index is 13.0. The van der Waals surface area contributed by atoms with E-state index in [4.69, 9.17) is 9.47 Å². The zero-order chi connectivity index (χ0) is 25.6. The smallest absolute Gasteiger partial charge is 0.335 e. The molecule has 5 heteroatoms. The molecule has 35 heavy (non-hydrogen) atoms. The number of carbonyl (C=O) groups is 2. The van der Waals surface area contributed by atoms with Crippen LogP contribution in [0.25, 0.3) is 0 Å². The van der Waals surface area contributed by atoms with Gasteiger partial charge in [0.05, 0.1) is 6.10 Å². The number of rotatable bonds is 3. The van der Waals surface area contributed by atoms with Gasteiger partial charge < -0.3 is 14.6 Å². The molecule has 196 valence electrons. The Hall–Kier alpha value is -1.36. The molecule has 4 aliphatic carbocycles. The first-order valence-corrected chi connectivity index (χ1v) is 14.2. The van der Waals surface area contributed by atoms with Gasteiger partial charge in [-0.05, 0) is 92.4 Å². The summed E-state index contributed by atoms with van der Waals surface area (Å²) in [6.45, 7) is 15.5. The summed E-state index contributed by atoms with van der Waals surface area (Å²) in [5, 5.41) is 11.9. The summed E-state index contributed by atoms with van der Waals surface area (Å²) < 4.78 is 11.7. The summed E-state index contributed by atoms with van der Waals surface area (Å²) in [5.41, 5.74) is 1.48. The summed E-state index contributed by atoms with van der Waals surface area (Å²) in [5.74, 6) is 0.811. The van der Waals surface area contributed by atoms with E-state index >= 15 is 0 Å². The van der Waals surface area contributed by atoms with Gasteiger partial charge in [0.2, 0.25) is 0 Å². The van der Waals surface area contributed by atoms with E-state index < -0.39 is 11.5 Å². The molecule has 0 amide bonds. The number of hydrogen-bond acceptors (Lipinski definition) is 5. The van der Waals surface area contributed by atoms with Crippen LogP contribution in [0.3, 0.4) is 0 Å². The molecule has 5 rings (SSSR count). The first kappa shape index (κ1) is 25.3. The Bertz CT molecular complexity index is 954. The highest BCUT2D eigenvalue weighted by atomic mass is 16.6. The van der Waals surface area contributed by atoms with Gasteiger partial charge in [-0.25, -0.2) is 4.79 Å². The van der Waals surface area contributed by atoms with Crippen molar-refractivity contribution in [2.24, 2.45) is 39.4 Å². The minimum atomic E-state index is -0.548. The van der Waals surface area contributed by atoms with Gasteiger partial charge in [0, 0.05) is 22.8 Å². The van der Waals surface area contributed by atoms with Gasteiger partial charge in [-0.3, -0.25) is 4.79 Å². The van der Waals surface area contributed by atoms with E-state index in [0.29, 0.717) is 18.3 Å². The average Bonchev–Trinajstić information content (AvgIpc) is 3.11. The third-order valence-corrected chi connectivity index (χ3v) is 12.4. The van der Waals surface area contributed by atoms with Crippen LogP contribution in [-0.2, 0) is 19.1 Å². The minimum absolute atomic E-state index is 0.0294. The fourth-order valence-electron chi connectivity index (χ4n) is 10.4. The number of carbonyl (C=O) groups excluding carboxylic acids is 2. The molecule has 0 aromatic rings.